The quantitative estimate of drug-likeness (QED) is 0.258. The van der Waals surface area contributed by atoms with Crippen molar-refractivity contribution in [2.75, 3.05) is 52.4 Å². The van der Waals surface area contributed by atoms with E-state index in [-0.39, 0.29) is 30.0 Å². The Morgan fingerprint density at radius 3 is 2.64 bits per heavy atom. The number of nitrogens with zero attached hydrogens (tertiary/aromatic N) is 3. The van der Waals surface area contributed by atoms with E-state index in [4.69, 9.17) is 9.41 Å². The molecule has 7 heteroatoms. The molecule has 33 heavy (non-hydrogen) atoms. The van der Waals surface area contributed by atoms with Crippen LogP contribution in [0.4, 0.5) is 0 Å². The first-order valence-corrected chi connectivity index (χ1v) is 12.4. The zero-order valence-corrected chi connectivity index (χ0v) is 22.2. The topological polar surface area (TPSA) is 56.0 Å². The highest BCUT2D eigenvalue weighted by atomic mass is 127. The van der Waals surface area contributed by atoms with E-state index >= 15 is 0 Å². The summed E-state index contributed by atoms with van der Waals surface area (Å²) in [7, 11) is 0. The normalized spacial score (nSPS) is 20.5. The Hall–Kier alpha value is -1.58. The zero-order chi connectivity index (χ0) is 22.0. The molecule has 6 nitrogen and oxygen atoms in total. The zero-order valence-electron chi connectivity index (χ0n) is 19.9. The second kappa shape index (κ2) is 14.0. The number of halogens is 1. The van der Waals surface area contributed by atoms with Gasteiger partial charge in [0.1, 0.15) is 5.76 Å². The average Bonchev–Trinajstić information content (AvgIpc) is 3.60. The smallest absolute Gasteiger partial charge is 0.191 e. The van der Waals surface area contributed by atoms with E-state index in [0.717, 1.165) is 57.4 Å². The molecule has 2 N–H and O–H groups in total. The number of nitrogens with one attached hydrogen (secondary N) is 2. The molecule has 0 amide bonds. The van der Waals surface area contributed by atoms with E-state index < -0.39 is 0 Å². The van der Waals surface area contributed by atoms with Crippen molar-refractivity contribution < 1.29 is 4.42 Å². The lowest BCUT2D eigenvalue weighted by Gasteiger charge is -2.25. The van der Waals surface area contributed by atoms with Crippen LogP contribution in [0.3, 0.4) is 0 Å². The first-order chi connectivity index (χ1) is 15.8. The molecule has 2 atom stereocenters. The van der Waals surface area contributed by atoms with Gasteiger partial charge in [0, 0.05) is 26.2 Å². The molecule has 1 aromatic carbocycles. The van der Waals surface area contributed by atoms with Gasteiger partial charge in [-0.1, -0.05) is 30.3 Å². The number of benzene rings is 1. The first kappa shape index (κ1) is 26.0. The van der Waals surface area contributed by atoms with Crippen molar-refractivity contribution >= 4 is 29.9 Å². The molecule has 2 saturated heterocycles. The molecule has 0 bridgehead atoms. The number of likely N-dealkylation sites (tertiary alicyclic amines) is 2. The van der Waals surface area contributed by atoms with Crippen LogP contribution in [0.25, 0.3) is 0 Å². The third kappa shape index (κ3) is 8.00. The maximum absolute atomic E-state index is 5.75. The minimum Gasteiger partial charge on any atom is -0.468 e. The number of hydrogen-bond acceptors (Lipinski definition) is 4. The second-order valence-electron chi connectivity index (χ2n) is 9.07. The van der Waals surface area contributed by atoms with Crippen LogP contribution in [0.15, 0.2) is 58.1 Å². The van der Waals surface area contributed by atoms with Crippen LogP contribution in [0.2, 0.25) is 0 Å². The summed E-state index contributed by atoms with van der Waals surface area (Å²) in [6, 6.07) is 15.1. The highest BCUT2D eigenvalue weighted by Gasteiger charge is 2.26. The Morgan fingerprint density at radius 2 is 1.91 bits per heavy atom. The van der Waals surface area contributed by atoms with E-state index in [1.54, 1.807) is 6.26 Å². The van der Waals surface area contributed by atoms with Crippen LogP contribution in [0.5, 0.6) is 0 Å². The maximum Gasteiger partial charge on any atom is 0.191 e. The molecule has 0 radical (unpaired) electrons. The lowest BCUT2D eigenvalue weighted by Crippen LogP contribution is -2.41. The standard InChI is InChI=1S/C26H39N5O.HI/c1-2-27-26(29-20-24(25-11-8-18-32-25)31-14-6-7-15-31)28-19-23-13-17-30(21-23)16-12-22-9-4-3-5-10-22;/h3-5,8-11,18,23-24H,2,6-7,12-17,19-21H2,1H3,(H2,27,28,29);1H. The largest absolute Gasteiger partial charge is 0.468 e. The average molecular weight is 566 g/mol. The second-order valence-corrected chi connectivity index (χ2v) is 9.07. The maximum atomic E-state index is 5.75. The molecule has 2 fully saturated rings. The van der Waals surface area contributed by atoms with Crippen LogP contribution in [-0.2, 0) is 6.42 Å². The predicted molar refractivity (Wildman–Crippen MR) is 146 cm³/mol. The van der Waals surface area contributed by atoms with Crippen LogP contribution >= 0.6 is 24.0 Å². The minimum atomic E-state index is 0. The predicted octanol–water partition coefficient (Wildman–Crippen LogP) is 4.15. The van der Waals surface area contributed by atoms with Gasteiger partial charge in [-0.2, -0.15) is 0 Å². The van der Waals surface area contributed by atoms with Gasteiger partial charge in [0.05, 0.1) is 18.8 Å². The molecular formula is C26H40IN5O. The van der Waals surface area contributed by atoms with Crippen molar-refractivity contribution in [2.24, 2.45) is 10.9 Å². The van der Waals surface area contributed by atoms with Gasteiger partial charge in [-0.3, -0.25) is 9.89 Å². The van der Waals surface area contributed by atoms with E-state index in [0.29, 0.717) is 5.92 Å². The molecule has 2 aliphatic rings. The highest BCUT2D eigenvalue weighted by molar-refractivity contribution is 14.0. The summed E-state index contributed by atoms with van der Waals surface area (Å²) in [6.45, 7) is 10.5. The Morgan fingerprint density at radius 1 is 1.09 bits per heavy atom. The SMILES string of the molecule is CCNC(=NCC(c1ccco1)N1CCCC1)NCC1CCN(CCc2ccccc2)C1.I. The Kier molecular flexibility index (Phi) is 11.0. The van der Waals surface area contributed by atoms with Gasteiger partial charge in [0.15, 0.2) is 5.96 Å². The fraction of sp³-hybridized carbons (Fsp3) is 0.577. The lowest BCUT2D eigenvalue weighted by atomic mass is 10.1. The van der Waals surface area contributed by atoms with Crippen molar-refractivity contribution in [3.05, 3.63) is 60.1 Å². The van der Waals surface area contributed by atoms with Gasteiger partial charge in [-0.05, 0) is 75.9 Å². The molecular weight excluding hydrogens is 525 g/mol. The van der Waals surface area contributed by atoms with E-state index in [2.05, 4.69) is 63.8 Å². The van der Waals surface area contributed by atoms with Crippen LogP contribution < -0.4 is 10.6 Å². The molecule has 1 aromatic heterocycles. The molecule has 0 aliphatic carbocycles. The van der Waals surface area contributed by atoms with Gasteiger partial charge in [-0.25, -0.2) is 0 Å². The van der Waals surface area contributed by atoms with Crippen LogP contribution in [0.1, 0.15) is 43.6 Å². The number of hydrogen-bond donors (Lipinski definition) is 2. The summed E-state index contributed by atoms with van der Waals surface area (Å²) < 4.78 is 5.75. The third-order valence-corrected chi connectivity index (χ3v) is 6.71. The van der Waals surface area contributed by atoms with Gasteiger partial charge in [-0.15, -0.1) is 24.0 Å². The summed E-state index contributed by atoms with van der Waals surface area (Å²) in [5, 5.41) is 7.04. The van der Waals surface area contributed by atoms with E-state index in [9.17, 15) is 0 Å². The van der Waals surface area contributed by atoms with Gasteiger partial charge < -0.3 is 20.0 Å². The lowest BCUT2D eigenvalue weighted by molar-refractivity contribution is 0.221. The summed E-state index contributed by atoms with van der Waals surface area (Å²) in [4.78, 5) is 10.1. The van der Waals surface area contributed by atoms with Gasteiger partial charge in [0.2, 0.25) is 0 Å². The van der Waals surface area contributed by atoms with Crippen LogP contribution in [-0.4, -0.2) is 68.1 Å². The number of furan rings is 1. The molecule has 3 heterocycles. The van der Waals surface area contributed by atoms with Crippen molar-refractivity contribution in [3.63, 3.8) is 0 Å². The Labute approximate surface area is 216 Å². The van der Waals surface area contributed by atoms with E-state index in [1.807, 2.05) is 6.07 Å². The molecule has 0 spiro atoms. The molecule has 2 aromatic rings. The highest BCUT2D eigenvalue weighted by Crippen LogP contribution is 2.25. The van der Waals surface area contributed by atoms with Gasteiger partial charge in [0.25, 0.3) is 0 Å². The molecule has 4 rings (SSSR count). The summed E-state index contributed by atoms with van der Waals surface area (Å²) in [6.07, 6.45) is 6.69. The van der Waals surface area contributed by atoms with E-state index in [1.165, 1.54) is 37.9 Å². The molecule has 182 valence electrons. The Balaban J connectivity index is 0.00000306. The molecule has 0 saturated carbocycles. The number of guanidine groups is 1. The molecule has 2 unspecified atom stereocenters. The third-order valence-electron chi connectivity index (χ3n) is 6.71. The molecule has 2 aliphatic heterocycles. The van der Waals surface area contributed by atoms with Gasteiger partial charge >= 0.3 is 0 Å². The Bertz CT molecular complexity index is 807. The summed E-state index contributed by atoms with van der Waals surface area (Å²) >= 11 is 0. The van der Waals surface area contributed by atoms with Crippen LogP contribution in [0, 0.1) is 5.92 Å². The van der Waals surface area contributed by atoms with Crippen molar-refractivity contribution in [3.8, 4) is 0 Å². The number of aliphatic imine (C=N–C) groups is 1. The first-order valence-electron chi connectivity index (χ1n) is 12.4. The summed E-state index contributed by atoms with van der Waals surface area (Å²) in [5.74, 6) is 2.62. The monoisotopic (exact) mass is 565 g/mol. The van der Waals surface area contributed by atoms with Crippen molar-refractivity contribution in [2.45, 2.75) is 38.6 Å². The summed E-state index contributed by atoms with van der Waals surface area (Å²) in [5.41, 5.74) is 1.43. The fourth-order valence-corrected chi connectivity index (χ4v) is 4.89. The fourth-order valence-electron chi connectivity index (χ4n) is 4.89. The van der Waals surface area contributed by atoms with Crippen molar-refractivity contribution in [1.29, 1.82) is 0 Å². The number of rotatable bonds is 10. The minimum absolute atomic E-state index is 0. The van der Waals surface area contributed by atoms with Crippen molar-refractivity contribution in [1.82, 2.24) is 20.4 Å².